The van der Waals surface area contributed by atoms with E-state index in [0.29, 0.717) is 29.9 Å². The molecule has 0 bridgehead atoms. The van der Waals surface area contributed by atoms with E-state index in [0.717, 1.165) is 12.8 Å². The van der Waals surface area contributed by atoms with Crippen molar-refractivity contribution in [3.63, 3.8) is 0 Å². The van der Waals surface area contributed by atoms with E-state index < -0.39 is 0 Å². The van der Waals surface area contributed by atoms with Gasteiger partial charge in [-0.3, -0.25) is 9.78 Å². The van der Waals surface area contributed by atoms with Gasteiger partial charge in [-0.05, 0) is 18.6 Å². The van der Waals surface area contributed by atoms with Crippen LogP contribution in [0.2, 0.25) is 0 Å². The van der Waals surface area contributed by atoms with Gasteiger partial charge in [0.1, 0.15) is 5.82 Å². The third kappa shape index (κ3) is 4.55. The molecule has 2 rings (SSSR count). The van der Waals surface area contributed by atoms with Gasteiger partial charge in [0.15, 0.2) is 0 Å². The van der Waals surface area contributed by atoms with Crippen LogP contribution in [-0.2, 0) is 6.54 Å². The largest absolute Gasteiger partial charge is 0.380 e. The number of amides is 1. The molecular formula is C17H20FN3O. The van der Waals surface area contributed by atoms with E-state index in [4.69, 9.17) is 0 Å². The number of unbranched alkanes of at least 4 members (excludes halogenated alkanes) is 1. The highest BCUT2D eigenvalue weighted by Gasteiger charge is 2.07. The van der Waals surface area contributed by atoms with Crippen LogP contribution in [0.15, 0.2) is 42.7 Å². The lowest BCUT2D eigenvalue weighted by Crippen LogP contribution is -2.24. The lowest BCUT2D eigenvalue weighted by atomic mass is 10.2. The molecule has 0 unspecified atom stereocenters. The molecule has 1 aromatic carbocycles. The number of carbonyl (C=O) groups excluding carboxylic acids is 1. The maximum absolute atomic E-state index is 13.6. The number of nitrogens with zero attached hydrogens (tertiary/aromatic N) is 1. The van der Waals surface area contributed by atoms with Crippen molar-refractivity contribution in [2.24, 2.45) is 0 Å². The monoisotopic (exact) mass is 301 g/mol. The van der Waals surface area contributed by atoms with Crippen LogP contribution in [0.5, 0.6) is 0 Å². The van der Waals surface area contributed by atoms with Crippen molar-refractivity contribution in [2.75, 3.05) is 11.9 Å². The van der Waals surface area contributed by atoms with Crippen LogP contribution in [-0.4, -0.2) is 17.4 Å². The predicted octanol–water partition coefficient (Wildman–Crippen LogP) is 3.36. The molecule has 0 saturated carbocycles. The molecular weight excluding hydrogens is 281 g/mol. The Kier molecular flexibility index (Phi) is 5.89. The lowest BCUT2D eigenvalue weighted by Gasteiger charge is -2.09. The second-order valence-corrected chi connectivity index (χ2v) is 5.02. The van der Waals surface area contributed by atoms with Crippen LogP contribution >= 0.6 is 0 Å². The summed E-state index contributed by atoms with van der Waals surface area (Å²) in [6.45, 7) is 3.07. The summed E-state index contributed by atoms with van der Waals surface area (Å²) in [5, 5.41) is 5.93. The molecule has 0 spiro atoms. The zero-order chi connectivity index (χ0) is 15.8. The Labute approximate surface area is 129 Å². The van der Waals surface area contributed by atoms with Crippen molar-refractivity contribution < 1.29 is 9.18 Å². The molecule has 0 radical (unpaired) electrons. The quantitative estimate of drug-likeness (QED) is 0.771. The Hall–Kier alpha value is -2.43. The Balaban J connectivity index is 1.96. The van der Waals surface area contributed by atoms with Crippen LogP contribution < -0.4 is 10.6 Å². The zero-order valence-corrected chi connectivity index (χ0v) is 12.6. The molecule has 4 nitrogen and oxygen atoms in total. The van der Waals surface area contributed by atoms with Crippen molar-refractivity contribution in [2.45, 2.75) is 26.3 Å². The summed E-state index contributed by atoms with van der Waals surface area (Å²) in [5.41, 5.74) is 1.75. The Morgan fingerprint density at radius 2 is 2.09 bits per heavy atom. The van der Waals surface area contributed by atoms with Crippen LogP contribution in [0.4, 0.5) is 10.1 Å². The average Bonchev–Trinajstić information content (AvgIpc) is 2.54. The minimum absolute atomic E-state index is 0.143. The van der Waals surface area contributed by atoms with Crippen molar-refractivity contribution in [1.82, 2.24) is 10.3 Å². The molecule has 0 fully saturated rings. The summed E-state index contributed by atoms with van der Waals surface area (Å²) in [6, 6.07) is 8.30. The van der Waals surface area contributed by atoms with E-state index in [2.05, 4.69) is 22.5 Å². The van der Waals surface area contributed by atoms with E-state index in [-0.39, 0.29) is 11.7 Å². The van der Waals surface area contributed by atoms with Crippen LogP contribution in [0.1, 0.15) is 35.7 Å². The van der Waals surface area contributed by atoms with Gasteiger partial charge in [-0.15, -0.1) is 0 Å². The number of rotatable bonds is 7. The van der Waals surface area contributed by atoms with Gasteiger partial charge < -0.3 is 10.6 Å². The number of benzene rings is 1. The number of carbonyl (C=O) groups is 1. The molecule has 2 aromatic rings. The van der Waals surface area contributed by atoms with Gasteiger partial charge in [0.2, 0.25) is 0 Å². The minimum atomic E-state index is -0.253. The van der Waals surface area contributed by atoms with Crippen LogP contribution in [0.25, 0.3) is 0 Å². The summed E-state index contributed by atoms with van der Waals surface area (Å²) < 4.78 is 13.6. The fourth-order valence-electron chi connectivity index (χ4n) is 1.98. The topological polar surface area (TPSA) is 54.0 Å². The zero-order valence-electron chi connectivity index (χ0n) is 12.6. The highest BCUT2D eigenvalue weighted by molar-refractivity contribution is 5.94. The molecule has 1 heterocycles. The van der Waals surface area contributed by atoms with Crippen molar-refractivity contribution >= 4 is 11.6 Å². The third-order valence-electron chi connectivity index (χ3n) is 3.26. The third-order valence-corrected chi connectivity index (χ3v) is 3.26. The summed E-state index contributed by atoms with van der Waals surface area (Å²) in [4.78, 5) is 16.0. The maximum Gasteiger partial charge on any atom is 0.252 e. The Bertz CT molecular complexity index is 631. The van der Waals surface area contributed by atoms with Crippen molar-refractivity contribution in [3.8, 4) is 0 Å². The van der Waals surface area contributed by atoms with Gasteiger partial charge in [0.25, 0.3) is 5.91 Å². The van der Waals surface area contributed by atoms with E-state index in [1.807, 2.05) is 0 Å². The normalized spacial score (nSPS) is 10.3. The molecule has 116 valence electrons. The average molecular weight is 301 g/mol. The van der Waals surface area contributed by atoms with Gasteiger partial charge in [0.05, 0.1) is 11.3 Å². The van der Waals surface area contributed by atoms with Gasteiger partial charge in [-0.2, -0.15) is 0 Å². The first-order valence-corrected chi connectivity index (χ1v) is 7.41. The highest BCUT2D eigenvalue weighted by atomic mass is 19.1. The van der Waals surface area contributed by atoms with E-state index in [1.54, 1.807) is 30.5 Å². The second-order valence-electron chi connectivity index (χ2n) is 5.02. The first-order chi connectivity index (χ1) is 10.7. The predicted molar refractivity (Wildman–Crippen MR) is 85.2 cm³/mol. The number of pyridine rings is 1. The first kappa shape index (κ1) is 15.9. The number of hydrogen-bond acceptors (Lipinski definition) is 3. The fourth-order valence-corrected chi connectivity index (χ4v) is 1.98. The second kappa shape index (κ2) is 8.12. The number of anilines is 1. The van der Waals surface area contributed by atoms with E-state index >= 15 is 0 Å². The van der Waals surface area contributed by atoms with Gasteiger partial charge in [0, 0.05) is 31.0 Å². The molecule has 0 aliphatic carbocycles. The molecule has 0 aliphatic rings. The molecule has 0 saturated heterocycles. The standard InChI is InChI=1S/C17H20FN3O/c1-2-3-8-20-17(22)14-9-15(12-19-10-14)21-11-13-6-4-5-7-16(13)18/h4-7,9-10,12,21H,2-3,8,11H2,1H3,(H,20,22). The number of hydrogen-bond donors (Lipinski definition) is 2. The van der Waals surface area contributed by atoms with Crippen LogP contribution in [0.3, 0.4) is 0 Å². The maximum atomic E-state index is 13.6. The van der Waals surface area contributed by atoms with Gasteiger partial charge in [-0.1, -0.05) is 31.5 Å². The Morgan fingerprint density at radius 1 is 1.27 bits per heavy atom. The van der Waals surface area contributed by atoms with E-state index in [1.165, 1.54) is 12.3 Å². The Morgan fingerprint density at radius 3 is 2.86 bits per heavy atom. The van der Waals surface area contributed by atoms with Crippen molar-refractivity contribution in [3.05, 3.63) is 59.7 Å². The van der Waals surface area contributed by atoms with Crippen molar-refractivity contribution in [1.29, 1.82) is 0 Å². The summed E-state index contributed by atoms with van der Waals surface area (Å²) in [6.07, 6.45) is 5.12. The summed E-state index contributed by atoms with van der Waals surface area (Å²) in [5.74, 6) is -0.396. The van der Waals surface area contributed by atoms with E-state index in [9.17, 15) is 9.18 Å². The summed E-state index contributed by atoms with van der Waals surface area (Å²) >= 11 is 0. The molecule has 22 heavy (non-hydrogen) atoms. The SMILES string of the molecule is CCCCNC(=O)c1cncc(NCc2ccccc2F)c1. The highest BCUT2D eigenvalue weighted by Crippen LogP contribution is 2.12. The number of aromatic nitrogens is 1. The smallest absolute Gasteiger partial charge is 0.252 e. The van der Waals surface area contributed by atoms with Gasteiger partial charge in [-0.25, -0.2) is 4.39 Å². The summed E-state index contributed by atoms with van der Waals surface area (Å²) in [7, 11) is 0. The molecule has 0 atom stereocenters. The molecule has 1 amide bonds. The minimum Gasteiger partial charge on any atom is -0.380 e. The molecule has 0 aliphatic heterocycles. The lowest BCUT2D eigenvalue weighted by molar-refractivity contribution is 0.0953. The van der Waals surface area contributed by atoms with Crippen LogP contribution in [0, 0.1) is 5.82 Å². The number of halogens is 1. The number of nitrogens with one attached hydrogen (secondary N) is 2. The molecule has 1 aromatic heterocycles. The molecule has 2 N–H and O–H groups in total. The van der Waals surface area contributed by atoms with Gasteiger partial charge >= 0.3 is 0 Å². The first-order valence-electron chi connectivity index (χ1n) is 7.41. The fraction of sp³-hybridized carbons (Fsp3) is 0.294. The molecule has 5 heteroatoms.